The Labute approximate surface area is 110 Å². The van der Waals surface area contributed by atoms with Gasteiger partial charge < -0.3 is 10.6 Å². The second-order valence-electron chi connectivity index (χ2n) is 5.18. The molecule has 1 fully saturated rings. The van der Waals surface area contributed by atoms with Crippen LogP contribution in [0.5, 0.6) is 0 Å². The van der Waals surface area contributed by atoms with Gasteiger partial charge in [-0.1, -0.05) is 38.5 Å². The maximum atomic E-state index is 12.0. The number of amides is 2. The zero-order valence-corrected chi connectivity index (χ0v) is 11.3. The zero-order valence-electron chi connectivity index (χ0n) is 11.3. The van der Waals surface area contributed by atoms with Crippen molar-refractivity contribution in [2.75, 3.05) is 13.1 Å². The Morgan fingerprint density at radius 1 is 0.778 bits per heavy atom. The highest BCUT2D eigenvalue weighted by atomic mass is 16.2. The largest absolute Gasteiger partial charge is 0.370 e. The minimum absolute atomic E-state index is 0.0908. The van der Waals surface area contributed by atoms with Crippen LogP contribution in [0.25, 0.3) is 0 Å². The van der Waals surface area contributed by atoms with Crippen LogP contribution in [0.4, 0.5) is 0 Å². The molecule has 0 aliphatic carbocycles. The molecule has 0 saturated carbocycles. The predicted octanol–water partition coefficient (Wildman–Crippen LogP) is 2.21. The van der Waals surface area contributed by atoms with Gasteiger partial charge in [-0.2, -0.15) is 0 Å². The fourth-order valence-electron chi connectivity index (χ4n) is 2.42. The number of hydrogen-bond donors (Lipinski definition) is 1. The van der Waals surface area contributed by atoms with Crippen LogP contribution in [0.3, 0.4) is 0 Å². The summed E-state index contributed by atoms with van der Waals surface area (Å²) >= 11 is 0. The van der Waals surface area contributed by atoms with Gasteiger partial charge in [0.2, 0.25) is 11.8 Å². The maximum Gasteiger partial charge on any atom is 0.223 e. The molecule has 18 heavy (non-hydrogen) atoms. The molecule has 0 spiro atoms. The van der Waals surface area contributed by atoms with E-state index in [-0.39, 0.29) is 24.7 Å². The number of nitrogens with two attached hydrogens (primary N) is 1. The number of carbonyl (C=O) groups excluding carboxylic acids is 2. The first kappa shape index (κ1) is 15.0. The third-order valence-corrected chi connectivity index (χ3v) is 3.54. The van der Waals surface area contributed by atoms with Crippen LogP contribution in [0.1, 0.15) is 64.2 Å². The molecule has 1 aliphatic heterocycles. The van der Waals surface area contributed by atoms with Crippen molar-refractivity contribution in [2.24, 2.45) is 5.73 Å². The monoisotopic (exact) mass is 254 g/mol. The Morgan fingerprint density at radius 3 is 1.67 bits per heavy atom. The summed E-state index contributed by atoms with van der Waals surface area (Å²) in [6, 6.07) is 0. The molecule has 0 radical (unpaired) electrons. The summed E-state index contributed by atoms with van der Waals surface area (Å²) in [5, 5.41) is 0. The lowest BCUT2D eigenvalue weighted by Gasteiger charge is -2.22. The van der Waals surface area contributed by atoms with E-state index in [1.807, 2.05) is 4.90 Å². The lowest BCUT2D eigenvalue weighted by molar-refractivity contribution is -0.133. The van der Waals surface area contributed by atoms with Crippen LogP contribution < -0.4 is 5.73 Å². The van der Waals surface area contributed by atoms with Crippen molar-refractivity contribution in [1.82, 2.24) is 4.90 Å². The number of rotatable bonds is 3. The van der Waals surface area contributed by atoms with Crippen molar-refractivity contribution in [3.05, 3.63) is 0 Å². The van der Waals surface area contributed by atoms with E-state index in [1.165, 1.54) is 38.5 Å². The molecule has 2 N–H and O–H groups in total. The van der Waals surface area contributed by atoms with Gasteiger partial charge in [0.25, 0.3) is 0 Å². The number of carbonyl (C=O) groups is 2. The third kappa shape index (κ3) is 6.62. The Bertz CT molecular complexity index is 255. The van der Waals surface area contributed by atoms with Gasteiger partial charge in [-0.3, -0.25) is 9.59 Å². The summed E-state index contributed by atoms with van der Waals surface area (Å²) in [7, 11) is 0. The molecule has 0 aromatic carbocycles. The molecule has 104 valence electrons. The van der Waals surface area contributed by atoms with E-state index in [1.54, 1.807) is 0 Å². The second kappa shape index (κ2) is 8.95. The minimum atomic E-state index is -0.388. The molecular weight excluding hydrogens is 228 g/mol. The van der Waals surface area contributed by atoms with E-state index in [2.05, 4.69) is 0 Å². The second-order valence-corrected chi connectivity index (χ2v) is 5.18. The van der Waals surface area contributed by atoms with Gasteiger partial charge in [-0.15, -0.1) is 0 Å². The van der Waals surface area contributed by atoms with E-state index < -0.39 is 0 Å². The highest BCUT2D eigenvalue weighted by Gasteiger charge is 2.14. The van der Waals surface area contributed by atoms with Crippen molar-refractivity contribution in [1.29, 1.82) is 0 Å². The SMILES string of the molecule is NC(=O)CCC(=O)N1CCCCCCCCCC1. The predicted molar refractivity (Wildman–Crippen MR) is 71.9 cm³/mol. The van der Waals surface area contributed by atoms with Crippen LogP contribution in [0.2, 0.25) is 0 Å². The standard InChI is InChI=1S/C14H26N2O2/c15-13(17)9-10-14(18)16-11-7-5-3-1-2-4-6-8-12-16/h1-12H2,(H2,15,17). The molecular formula is C14H26N2O2. The van der Waals surface area contributed by atoms with Crippen molar-refractivity contribution < 1.29 is 9.59 Å². The van der Waals surface area contributed by atoms with E-state index >= 15 is 0 Å². The quantitative estimate of drug-likeness (QED) is 0.839. The lowest BCUT2D eigenvalue weighted by Crippen LogP contribution is -2.33. The van der Waals surface area contributed by atoms with Gasteiger partial charge in [-0.25, -0.2) is 0 Å². The topological polar surface area (TPSA) is 63.4 Å². The summed E-state index contributed by atoms with van der Waals surface area (Å²) < 4.78 is 0. The van der Waals surface area contributed by atoms with E-state index in [0.717, 1.165) is 25.9 Å². The van der Waals surface area contributed by atoms with Crippen molar-refractivity contribution >= 4 is 11.8 Å². The minimum Gasteiger partial charge on any atom is -0.370 e. The summed E-state index contributed by atoms with van der Waals surface area (Å²) in [6.45, 7) is 1.69. The normalized spacial score (nSPS) is 19.0. The van der Waals surface area contributed by atoms with Crippen LogP contribution in [-0.4, -0.2) is 29.8 Å². The van der Waals surface area contributed by atoms with Crippen LogP contribution >= 0.6 is 0 Å². The first-order valence-electron chi connectivity index (χ1n) is 7.26. The van der Waals surface area contributed by atoms with Gasteiger partial charge in [0.1, 0.15) is 0 Å². The molecule has 0 aromatic rings. The van der Waals surface area contributed by atoms with E-state index in [4.69, 9.17) is 5.73 Å². The Balaban J connectivity index is 2.37. The molecule has 2 amide bonds. The average Bonchev–Trinajstić information content (AvgIpc) is 2.40. The molecule has 1 aliphatic rings. The van der Waals surface area contributed by atoms with Crippen molar-refractivity contribution in [3.8, 4) is 0 Å². The molecule has 0 atom stereocenters. The number of hydrogen-bond acceptors (Lipinski definition) is 2. The summed E-state index contributed by atoms with van der Waals surface area (Å²) in [5.41, 5.74) is 5.08. The summed E-state index contributed by atoms with van der Waals surface area (Å²) in [4.78, 5) is 24.6. The molecule has 4 nitrogen and oxygen atoms in total. The molecule has 1 heterocycles. The fraction of sp³-hybridized carbons (Fsp3) is 0.857. The molecule has 0 unspecified atom stereocenters. The first-order chi connectivity index (χ1) is 8.70. The fourth-order valence-corrected chi connectivity index (χ4v) is 2.42. The van der Waals surface area contributed by atoms with Gasteiger partial charge in [-0.05, 0) is 12.8 Å². The summed E-state index contributed by atoms with van der Waals surface area (Å²) in [5.74, 6) is -0.297. The van der Waals surface area contributed by atoms with E-state index in [0.29, 0.717) is 0 Å². The van der Waals surface area contributed by atoms with E-state index in [9.17, 15) is 9.59 Å². The summed E-state index contributed by atoms with van der Waals surface area (Å²) in [6.07, 6.45) is 10.3. The highest BCUT2D eigenvalue weighted by Crippen LogP contribution is 2.13. The van der Waals surface area contributed by atoms with Crippen molar-refractivity contribution in [3.63, 3.8) is 0 Å². The number of primary amides is 1. The van der Waals surface area contributed by atoms with Gasteiger partial charge >= 0.3 is 0 Å². The zero-order chi connectivity index (χ0) is 13.2. The molecule has 1 saturated heterocycles. The van der Waals surface area contributed by atoms with Crippen LogP contribution in [0.15, 0.2) is 0 Å². The molecule has 0 bridgehead atoms. The molecule has 4 heteroatoms. The Hall–Kier alpha value is -1.06. The molecule has 0 aromatic heterocycles. The average molecular weight is 254 g/mol. The lowest BCUT2D eigenvalue weighted by atomic mass is 10.1. The number of nitrogens with zero attached hydrogens (tertiary/aromatic N) is 1. The van der Waals surface area contributed by atoms with Crippen LogP contribution in [0, 0.1) is 0 Å². The van der Waals surface area contributed by atoms with Gasteiger partial charge in [0.05, 0.1) is 0 Å². The van der Waals surface area contributed by atoms with Gasteiger partial charge in [0, 0.05) is 25.9 Å². The maximum absolute atomic E-state index is 12.0. The first-order valence-corrected chi connectivity index (χ1v) is 7.26. The third-order valence-electron chi connectivity index (χ3n) is 3.54. The Kier molecular flexibility index (Phi) is 7.46. The van der Waals surface area contributed by atoms with Gasteiger partial charge in [0.15, 0.2) is 0 Å². The molecule has 1 rings (SSSR count). The smallest absolute Gasteiger partial charge is 0.223 e. The highest BCUT2D eigenvalue weighted by molar-refractivity contribution is 5.82. The Morgan fingerprint density at radius 2 is 1.22 bits per heavy atom. The van der Waals surface area contributed by atoms with Crippen molar-refractivity contribution in [2.45, 2.75) is 64.2 Å². The van der Waals surface area contributed by atoms with Crippen LogP contribution in [-0.2, 0) is 9.59 Å².